The average Bonchev–Trinajstić information content (AvgIpc) is 3.33. The number of primary sulfonamides is 1. The van der Waals surface area contributed by atoms with Gasteiger partial charge in [0.2, 0.25) is 10.0 Å². The van der Waals surface area contributed by atoms with Crippen LogP contribution in [0.5, 0.6) is 0 Å². The molecule has 0 bridgehead atoms. The van der Waals surface area contributed by atoms with Gasteiger partial charge in [0.05, 0.1) is 6.26 Å². The quantitative estimate of drug-likeness (QED) is 0.213. The molecule has 2 atom stereocenters. The number of aldehydes is 1. The van der Waals surface area contributed by atoms with Gasteiger partial charge in [0.25, 0.3) is 0 Å². The van der Waals surface area contributed by atoms with Crippen LogP contribution < -0.4 is 5.14 Å². The van der Waals surface area contributed by atoms with E-state index in [9.17, 15) is 22.8 Å². The lowest BCUT2D eigenvalue weighted by molar-refractivity contribution is -0.104. The summed E-state index contributed by atoms with van der Waals surface area (Å²) in [6, 6.07) is 19.6. The number of rotatable bonds is 2. The Hall–Kier alpha value is -2.24. The molecule has 0 heterocycles. The van der Waals surface area contributed by atoms with Crippen molar-refractivity contribution in [2.75, 3.05) is 6.26 Å². The van der Waals surface area contributed by atoms with Gasteiger partial charge in [-0.1, -0.05) is 92.0 Å². The predicted molar refractivity (Wildman–Crippen MR) is 176 cm³/mol. The number of sulfonamides is 1. The normalized spacial score (nSPS) is 17.1. The molecule has 3 aromatic rings. The number of nitrogens with two attached hydrogens (primary N) is 1. The van der Waals surface area contributed by atoms with Gasteiger partial charge in [-0.25, -0.2) is 13.6 Å². The molecular weight excluding hydrogens is 738 g/mol. The van der Waals surface area contributed by atoms with Gasteiger partial charge in [0, 0.05) is 36.4 Å². The first-order valence-electron chi connectivity index (χ1n) is 12.6. The molecular formula is C31H32Br3NO5S. The van der Waals surface area contributed by atoms with Crippen molar-refractivity contribution in [2.24, 2.45) is 17.0 Å². The molecule has 41 heavy (non-hydrogen) atoms. The Kier molecular flexibility index (Phi) is 13.5. The van der Waals surface area contributed by atoms with Gasteiger partial charge >= 0.3 is 0 Å². The zero-order chi connectivity index (χ0) is 30.9. The highest BCUT2D eigenvalue weighted by Crippen LogP contribution is 2.32. The molecule has 0 aliphatic heterocycles. The summed E-state index contributed by atoms with van der Waals surface area (Å²) in [7, 11) is -3.17. The highest BCUT2D eigenvalue weighted by atomic mass is 79.9. The number of hydrogen-bond acceptors (Lipinski definition) is 5. The maximum atomic E-state index is 11.6. The van der Waals surface area contributed by atoms with Crippen molar-refractivity contribution in [3.63, 3.8) is 0 Å². The van der Waals surface area contributed by atoms with Crippen molar-refractivity contribution >= 4 is 81.7 Å². The van der Waals surface area contributed by atoms with E-state index in [4.69, 9.17) is 0 Å². The zero-order valence-corrected chi connectivity index (χ0v) is 28.7. The predicted octanol–water partition coefficient (Wildman–Crippen LogP) is 7.60. The Morgan fingerprint density at radius 2 is 1.41 bits per heavy atom. The fourth-order valence-corrected chi connectivity index (χ4v) is 5.66. The van der Waals surface area contributed by atoms with E-state index in [2.05, 4.69) is 52.9 Å². The molecule has 0 spiro atoms. The highest BCUT2D eigenvalue weighted by Gasteiger charge is 2.28. The van der Waals surface area contributed by atoms with Gasteiger partial charge in [0.1, 0.15) is 6.29 Å². The third-order valence-corrected chi connectivity index (χ3v) is 7.70. The fourth-order valence-electron chi connectivity index (χ4n) is 4.24. The largest absolute Gasteiger partial charge is 0.298 e. The summed E-state index contributed by atoms with van der Waals surface area (Å²) < 4.78 is 21.8. The Labute approximate surface area is 267 Å². The van der Waals surface area contributed by atoms with E-state index < -0.39 is 10.0 Å². The molecule has 5 rings (SSSR count). The van der Waals surface area contributed by atoms with Crippen molar-refractivity contribution in [3.05, 3.63) is 107 Å². The summed E-state index contributed by atoms with van der Waals surface area (Å²) in [5, 5.41) is 4.33. The second kappa shape index (κ2) is 15.8. The summed E-state index contributed by atoms with van der Waals surface area (Å²) in [5.41, 5.74) is 5.93. The van der Waals surface area contributed by atoms with E-state index in [1.165, 1.54) is 11.1 Å². The van der Waals surface area contributed by atoms with E-state index in [0.29, 0.717) is 0 Å². The monoisotopic (exact) mass is 767 g/mol. The van der Waals surface area contributed by atoms with Gasteiger partial charge in [-0.05, 0) is 78.4 Å². The second-order valence-corrected chi connectivity index (χ2v) is 14.2. The third kappa shape index (κ3) is 11.5. The third-order valence-electron chi connectivity index (χ3n) is 6.06. The number of carbonyl (C=O) groups is 3. The van der Waals surface area contributed by atoms with E-state index >= 15 is 0 Å². The minimum absolute atomic E-state index is 0.165. The van der Waals surface area contributed by atoms with Crippen molar-refractivity contribution in [3.8, 4) is 0 Å². The molecule has 10 heteroatoms. The van der Waals surface area contributed by atoms with Crippen molar-refractivity contribution in [1.29, 1.82) is 0 Å². The molecule has 0 aromatic heterocycles. The molecule has 6 nitrogen and oxygen atoms in total. The van der Waals surface area contributed by atoms with Crippen LogP contribution in [0.2, 0.25) is 0 Å². The number of allylic oxidation sites excluding steroid dienone is 1. The summed E-state index contributed by atoms with van der Waals surface area (Å²) in [4.78, 5) is 33.4. The van der Waals surface area contributed by atoms with Crippen molar-refractivity contribution in [2.45, 2.75) is 33.6 Å². The van der Waals surface area contributed by atoms with Crippen LogP contribution in [-0.2, 0) is 27.7 Å². The highest BCUT2D eigenvalue weighted by molar-refractivity contribution is 9.11. The lowest BCUT2D eigenvalue weighted by atomic mass is 10.1. The molecule has 2 aliphatic rings. The number of ketones is 2. The maximum absolute atomic E-state index is 11.6. The number of benzene rings is 3. The Bertz CT molecular complexity index is 1560. The van der Waals surface area contributed by atoms with Crippen LogP contribution in [0.25, 0.3) is 6.08 Å². The number of carbonyl (C=O) groups excluding carboxylic acids is 3. The standard InChI is InChI=1S/3C10H9BrO.CH5NO2S/c1-6-4-7-5-8(11)2-3-9(7)10(6)12;1-6-5-7-3-2-4-8(11)9(7)10(6)12;1-8(7-12)5-9-3-2-4-10(11)6-9;1-5(2,3)4/h2-3,5-6H,4H2,1H3;2-4,6H,5H2,1H3;2-7H,1H3;1H3,(H2,2,3,4)/b;;8-5+;. The van der Waals surface area contributed by atoms with Crippen LogP contribution >= 0.6 is 47.8 Å². The van der Waals surface area contributed by atoms with Crippen LogP contribution in [0, 0.1) is 11.8 Å². The molecule has 2 unspecified atom stereocenters. The first kappa shape index (κ1) is 35.0. The Morgan fingerprint density at radius 1 is 0.854 bits per heavy atom. The maximum Gasteiger partial charge on any atom is 0.206 e. The van der Waals surface area contributed by atoms with Crippen LogP contribution in [0.3, 0.4) is 0 Å². The van der Waals surface area contributed by atoms with Crippen LogP contribution in [0.1, 0.15) is 58.2 Å². The first-order chi connectivity index (χ1) is 19.1. The van der Waals surface area contributed by atoms with Gasteiger partial charge in [0.15, 0.2) is 11.6 Å². The van der Waals surface area contributed by atoms with Gasteiger partial charge in [-0.3, -0.25) is 14.4 Å². The zero-order valence-electron chi connectivity index (χ0n) is 23.2. The number of halogens is 3. The van der Waals surface area contributed by atoms with Crippen molar-refractivity contribution in [1.82, 2.24) is 0 Å². The first-order valence-corrected chi connectivity index (χ1v) is 16.9. The van der Waals surface area contributed by atoms with E-state index in [0.717, 1.165) is 61.1 Å². The lowest BCUT2D eigenvalue weighted by Crippen LogP contribution is -2.07. The van der Waals surface area contributed by atoms with Gasteiger partial charge < -0.3 is 0 Å². The molecule has 0 amide bonds. The molecule has 2 aliphatic carbocycles. The Morgan fingerprint density at radius 3 is 2.00 bits per heavy atom. The fraction of sp³-hybridized carbons (Fsp3) is 0.258. The van der Waals surface area contributed by atoms with Gasteiger partial charge in [-0.15, -0.1) is 0 Å². The van der Waals surface area contributed by atoms with Crippen LogP contribution in [0.15, 0.2) is 79.7 Å². The number of hydrogen-bond donors (Lipinski definition) is 1. The SMILES string of the molecule is C/C(C=O)=C\c1cccc(Br)c1.CC1Cc2cc(Br)ccc2C1=O.CC1Cc2cccc(Br)c2C1=O.CS(N)(=O)=O. The second-order valence-electron chi connectivity index (χ2n) is 9.91. The van der Waals surface area contributed by atoms with Crippen LogP contribution in [-0.4, -0.2) is 32.5 Å². The smallest absolute Gasteiger partial charge is 0.206 e. The molecule has 0 saturated heterocycles. The summed E-state index contributed by atoms with van der Waals surface area (Å²) >= 11 is 10.1. The van der Waals surface area contributed by atoms with E-state index in [1.54, 1.807) is 6.92 Å². The van der Waals surface area contributed by atoms with E-state index in [1.807, 2.05) is 80.6 Å². The lowest BCUT2D eigenvalue weighted by Gasteiger charge is -1.98. The molecule has 0 fully saturated rings. The summed E-state index contributed by atoms with van der Waals surface area (Å²) in [5.74, 6) is 0.906. The molecule has 218 valence electrons. The summed E-state index contributed by atoms with van der Waals surface area (Å²) in [6.07, 6.45) is 5.42. The van der Waals surface area contributed by atoms with Crippen LogP contribution in [0.4, 0.5) is 0 Å². The van der Waals surface area contributed by atoms with E-state index in [-0.39, 0.29) is 23.4 Å². The number of Topliss-reactive ketones (excluding diaryl/α,β-unsaturated/α-hetero) is 2. The van der Waals surface area contributed by atoms with Gasteiger partial charge in [-0.2, -0.15) is 0 Å². The topological polar surface area (TPSA) is 111 Å². The molecule has 0 saturated carbocycles. The average molecular weight is 770 g/mol. The Balaban J connectivity index is 0.000000199. The minimum Gasteiger partial charge on any atom is -0.298 e. The summed E-state index contributed by atoms with van der Waals surface area (Å²) in [6.45, 7) is 5.75. The molecule has 0 radical (unpaired) electrons. The molecule has 3 aromatic carbocycles. The number of fused-ring (bicyclic) bond motifs is 2. The molecule has 2 N–H and O–H groups in total. The van der Waals surface area contributed by atoms with Crippen molar-refractivity contribution < 1.29 is 22.8 Å². The minimum atomic E-state index is -3.17.